The van der Waals surface area contributed by atoms with Gasteiger partial charge in [-0.3, -0.25) is 19.3 Å². The number of nitrogens with two attached hydrogens (primary N) is 1. The summed E-state index contributed by atoms with van der Waals surface area (Å²) >= 11 is 5.89. The first-order chi connectivity index (χ1) is 10.0. The van der Waals surface area contributed by atoms with Crippen LogP contribution < -0.4 is 5.73 Å². The number of fused-ring (bicyclic) bond motifs is 1. The second-order valence-electron chi connectivity index (χ2n) is 5.53. The zero-order chi connectivity index (χ0) is 15.1. The molecule has 0 radical (unpaired) electrons. The van der Waals surface area contributed by atoms with Crippen LogP contribution in [0, 0.1) is 5.92 Å². The molecule has 0 saturated heterocycles. The molecule has 6 heteroatoms. The Kier molecular flexibility index (Phi) is 3.45. The number of carbonyl (C=O) groups excluding carboxylic acids is 3. The summed E-state index contributed by atoms with van der Waals surface area (Å²) in [5.41, 5.74) is 6.09. The topological polar surface area (TPSA) is 80.5 Å². The molecule has 1 saturated carbocycles. The summed E-state index contributed by atoms with van der Waals surface area (Å²) in [7, 11) is 0. The molecule has 2 aliphatic rings. The number of rotatable bonds is 2. The van der Waals surface area contributed by atoms with Gasteiger partial charge in [-0.1, -0.05) is 24.4 Å². The van der Waals surface area contributed by atoms with E-state index in [1.165, 1.54) is 11.0 Å². The summed E-state index contributed by atoms with van der Waals surface area (Å²) in [6.07, 6.45) is 3.00. The molecule has 3 rings (SSSR count). The third-order valence-electron chi connectivity index (χ3n) is 4.31. The quantitative estimate of drug-likeness (QED) is 0.848. The summed E-state index contributed by atoms with van der Waals surface area (Å²) < 4.78 is 0. The van der Waals surface area contributed by atoms with Gasteiger partial charge in [-0.15, -0.1) is 0 Å². The Morgan fingerprint density at radius 1 is 1.14 bits per heavy atom. The molecular formula is C15H15ClN2O3. The summed E-state index contributed by atoms with van der Waals surface area (Å²) in [4.78, 5) is 37.8. The molecule has 0 spiro atoms. The molecule has 2 atom stereocenters. The Hall–Kier alpha value is -1.88. The van der Waals surface area contributed by atoms with Crippen molar-refractivity contribution < 1.29 is 14.4 Å². The predicted octanol–water partition coefficient (Wildman–Crippen LogP) is 1.98. The number of carbonyl (C=O) groups is 3. The van der Waals surface area contributed by atoms with Gasteiger partial charge in [0, 0.05) is 5.02 Å². The molecule has 1 fully saturated rings. The molecule has 110 valence electrons. The van der Waals surface area contributed by atoms with Gasteiger partial charge in [0.2, 0.25) is 5.91 Å². The number of primary amides is 1. The van der Waals surface area contributed by atoms with Crippen molar-refractivity contribution >= 4 is 29.3 Å². The molecule has 2 N–H and O–H groups in total. The monoisotopic (exact) mass is 306 g/mol. The van der Waals surface area contributed by atoms with Crippen LogP contribution >= 0.6 is 11.6 Å². The van der Waals surface area contributed by atoms with E-state index >= 15 is 0 Å². The van der Waals surface area contributed by atoms with Crippen molar-refractivity contribution in [3.05, 3.63) is 34.3 Å². The van der Waals surface area contributed by atoms with Crippen LogP contribution in [0.5, 0.6) is 0 Å². The maximum atomic E-state index is 12.5. The Morgan fingerprint density at radius 3 is 2.52 bits per heavy atom. The fraction of sp³-hybridized carbons (Fsp3) is 0.400. The SMILES string of the molecule is NC(=O)C1CCCCC1N1C(=O)c2ccc(Cl)cc2C1=O. The van der Waals surface area contributed by atoms with E-state index in [0.29, 0.717) is 29.0 Å². The number of benzene rings is 1. The van der Waals surface area contributed by atoms with Crippen LogP contribution in [-0.2, 0) is 4.79 Å². The van der Waals surface area contributed by atoms with Crippen LogP contribution in [0.2, 0.25) is 5.02 Å². The largest absolute Gasteiger partial charge is 0.369 e. The fourth-order valence-electron chi connectivity index (χ4n) is 3.29. The molecule has 3 amide bonds. The van der Waals surface area contributed by atoms with Gasteiger partial charge in [-0.05, 0) is 31.0 Å². The molecule has 1 aromatic carbocycles. The Bertz CT molecular complexity index is 644. The second kappa shape index (κ2) is 5.15. The first-order valence-corrected chi connectivity index (χ1v) is 7.35. The normalized spacial score (nSPS) is 25.1. The van der Waals surface area contributed by atoms with Gasteiger partial charge in [0.15, 0.2) is 0 Å². The minimum absolute atomic E-state index is 0.307. The zero-order valence-corrected chi connectivity index (χ0v) is 12.1. The highest BCUT2D eigenvalue weighted by molar-refractivity contribution is 6.32. The van der Waals surface area contributed by atoms with E-state index in [2.05, 4.69) is 0 Å². The highest BCUT2D eigenvalue weighted by Crippen LogP contribution is 2.34. The Labute approximate surface area is 127 Å². The predicted molar refractivity (Wildman–Crippen MR) is 76.9 cm³/mol. The summed E-state index contributed by atoms with van der Waals surface area (Å²) in [6.45, 7) is 0. The van der Waals surface area contributed by atoms with E-state index in [1.54, 1.807) is 12.1 Å². The van der Waals surface area contributed by atoms with Crippen molar-refractivity contribution in [1.29, 1.82) is 0 Å². The first kappa shape index (κ1) is 14.1. The lowest BCUT2D eigenvalue weighted by Gasteiger charge is -2.34. The van der Waals surface area contributed by atoms with Crippen molar-refractivity contribution in [2.24, 2.45) is 11.7 Å². The van der Waals surface area contributed by atoms with E-state index in [9.17, 15) is 14.4 Å². The van der Waals surface area contributed by atoms with Gasteiger partial charge < -0.3 is 5.73 Å². The minimum Gasteiger partial charge on any atom is -0.369 e. The smallest absolute Gasteiger partial charge is 0.261 e. The van der Waals surface area contributed by atoms with Crippen LogP contribution in [0.25, 0.3) is 0 Å². The number of hydrogen-bond donors (Lipinski definition) is 1. The van der Waals surface area contributed by atoms with Gasteiger partial charge in [-0.25, -0.2) is 0 Å². The van der Waals surface area contributed by atoms with Gasteiger partial charge in [0.05, 0.1) is 23.1 Å². The lowest BCUT2D eigenvalue weighted by Crippen LogP contribution is -2.49. The first-order valence-electron chi connectivity index (χ1n) is 6.97. The third-order valence-corrected chi connectivity index (χ3v) is 4.54. The van der Waals surface area contributed by atoms with E-state index in [1.807, 2.05) is 0 Å². The second-order valence-corrected chi connectivity index (χ2v) is 5.97. The van der Waals surface area contributed by atoms with E-state index < -0.39 is 17.9 Å². The average Bonchev–Trinajstić information content (AvgIpc) is 2.70. The van der Waals surface area contributed by atoms with Gasteiger partial charge in [0.1, 0.15) is 0 Å². The summed E-state index contributed by atoms with van der Waals surface area (Å²) in [5, 5.41) is 0.409. The highest BCUT2D eigenvalue weighted by atomic mass is 35.5. The van der Waals surface area contributed by atoms with Gasteiger partial charge in [-0.2, -0.15) is 0 Å². The molecule has 21 heavy (non-hydrogen) atoms. The maximum absolute atomic E-state index is 12.5. The average molecular weight is 307 g/mol. The number of amides is 3. The van der Waals surface area contributed by atoms with Crippen molar-refractivity contribution in [1.82, 2.24) is 4.90 Å². The molecule has 1 aliphatic heterocycles. The molecule has 5 nitrogen and oxygen atoms in total. The van der Waals surface area contributed by atoms with Crippen LogP contribution in [0.15, 0.2) is 18.2 Å². The standard InChI is InChI=1S/C15H15ClN2O3/c16-8-5-6-9-11(7-8)15(21)18(14(9)20)12-4-2-1-3-10(12)13(17)19/h5-7,10,12H,1-4H2,(H2,17,19). The van der Waals surface area contributed by atoms with Crippen molar-refractivity contribution in [3.8, 4) is 0 Å². The Morgan fingerprint density at radius 2 is 1.81 bits per heavy atom. The van der Waals surface area contributed by atoms with Crippen molar-refractivity contribution in [2.75, 3.05) is 0 Å². The van der Waals surface area contributed by atoms with Crippen molar-refractivity contribution in [2.45, 2.75) is 31.7 Å². The van der Waals surface area contributed by atoms with E-state index in [4.69, 9.17) is 17.3 Å². The number of hydrogen-bond acceptors (Lipinski definition) is 3. The molecule has 0 aromatic heterocycles. The molecular weight excluding hydrogens is 292 g/mol. The lowest BCUT2D eigenvalue weighted by molar-refractivity contribution is -0.124. The lowest BCUT2D eigenvalue weighted by atomic mass is 9.83. The van der Waals surface area contributed by atoms with Crippen LogP contribution in [0.1, 0.15) is 46.4 Å². The van der Waals surface area contributed by atoms with Crippen molar-refractivity contribution in [3.63, 3.8) is 0 Å². The Balaban J connectivity index is 1.98. The molecule has 1 aromatic rings. The zero-order valence-electron chi connectivity index (χ0n) is 11.3. The van der Waals surface area contributed by atoms with Crippen LogP contribution in [0.3, 0.4) is 0 Å². The summed E-state index contributed by atoms with van der Waals surface area (Å²) in [5.74, 6) is -1.65. The highest BCUT2D eigenvalue weighted by Gasteiger charge is 2.44. The number of halogens is 1. The number of nitrogens with zero attached hydrogens (tertiary/aromatic N) is 1. The summed E-state index contributed by atoms with van der Waals surface area (Å²) in [6, 6.07) is 4.20. The molecule has 1 aliphatic carbocycles. The minimum atomic E-state index is -0.462. The van der Waals surface area contributed by atoms with Crippen LogP contribution in [0.4, 0.5) is 0 Å². The fourth-order valence-corrected chi connectivity index (χ4v) is 3.46. The van der Waals surface area contributed by atoms with Crippen LogP contribution in [-0.4, -0.2) is 28.7 Å². The maximum Gasteiger partial charge on any atom is 0.261 e. The molecule has 0 bridgehead atoms. The van der Waals surface area contributed by atoms with Gasteiger partial charge >= 0.3 is 0 Å². The van der Waals surface area contributed by atoms with Gasteiger partial charge in [0.25, 0.3) is 11.8 Å². The molecule has 1 heterocycles. The van der Waals surface area contributed by atoms with E-state index in [0.717, 1.165) is 12.8 Å². The number of imide groups is 1. The third kappa shape index (κ3) is 2.21. The van der Waals surface area contributed by atoms with E-state index in [-0.39, 0.29) is 11.8 Å². The molecule has 2 unspecified atom stereocenters.